The van der Waals surface area contributed by atoms with E-state index in [2.05, 4.69) is 111 Å². The molecule has 0 aliphatic heterocycles. The highest BCUT2D eigenvalue weighted by Crippen LogP contribution is 2.66. The number of carbonyl (C=O) groups is 2. The Hall–Kier alpha value is -4.30. The van der Waals surface area contributed by atoms with Gasteiger partial charge in [0.2, 0.25) is 0 Å². The Kier molecular flexibility index (Phi) is 3.49. The summed E-state index contributed by atoms with van der Waals surface area (Å²) in [5.41, 5.74) is 10.7. The van der Waals surface area contributed by atoms with Crippen LogP contribution in [0.3, 0.4) is 0 Å². The number of benzene rings is 4. The van der Waals surface area contributed by atoms with E-state index in [1.807, 2.05) is 0 Å². The SMILES string of the molecule is CC12C3=C(C(=O)C4=C(C3=O)C3(C)c5ccccc5C4c4ccccc43)C(c3ccccc31)c1ccccc12. The second-order valence-electron chi connectivity index (χ2n) is 11.7. The molecule has 0 heterocycles. The van der Waals surface area contributed by atoms with Gasteiger partial charge in [0.25, 0.3) is 0 Å². The third kappa shape index (κ3) is 1.95. The lowest BCUT2D eigenvalue weighted by atomic mass is 9.45. The Morgan fingerprint density at radius 3 is 1.05 bits per heavy atom. The number of hydrogen-bond acceptors (Lipinski definition) is 2. The van der Waals surface area contributed by atoms with Gasteiger partial charge in [-0.05, 0) is 58.4 Å². The van der Waals surface area contributed by atoms with Gasteiger partial charge in [0.1, 0.15) is 0 Å². The fourth-order valence-corrected chi connectivity index (χ4v) is 8.89. The first kappa shape index (κ1) is 20.7. The fraction of sp³-hybridized carbons (Fsp3) is 0.167. The largest absolute Gasteiger partial charge is 0.289 e. The van der Waals surface area contributed by atoms with E-state index >= 15 is 4.79 Å². The van der Waals surface area contributed by atoms with E-state index in [-0.39, 0.29) is 23.4 Å². The minimum Gasteiger partial charge on any atom is -0.289 e. The second kappa shape index (κ2) is 6.39. The van der Waals surface area contributed by atoms with Crippen molar-refractivity contribution in [3.63, 3.8) is 0 Å². The van der Waals surface area contributed by atoms with Crippen molar-refractivity contribution in [2.45, 2.75) is 36.5 Å². The van der Waals surface area contributed by atoms with Gasteiger partial charge in [-0.1, -0.05) is 97.1 Å². The summed E-state index contributed by atoms with van der Waals surface area (Å²) >= 11 is 0. The van der Waals surface area contributed by atoms with Crippen LogP contribution in [0.2, 0.25) is 0 Å². The summed E-state index contributed by atoms with van der Waals surface area (Å²) in [5.74, 6) is -0.315. The number of rotatable bonds is 0. The van der Waals surface area contributed by atoms with Gasteiger partial charge in [-0.25, -0.2) is 0 Å². The summed E-state index contributed by atoms with van der Waals surface area (Å²) in [6, 6.07) is 33.7. The van der Waals surface area contributed by atoms with Crippen LogP contribution in [0.15, 0.2) is 119 Å². The molecule has 7 aliphatic carbocycles. The van der Waals surface area contributed by atoms with E-state index in [4.69, 9.17) is 0 Å². The van der Waals surface area contributed by atoms with Crippen LogP contribution in [-0.2, 0) is 20.4 Å². The molecule has 0 radical (unpaired) electrons. The monoisotopic (exact) mass is 488 g/mol. The smallest absolute Gasteiger partial charge is 0.188 e. The van der Waals surface area contributed by atoms with Crippen molar-refractivity contribution in [1.29, 1.82) is 0 Å². The van der Waals surface area contributed by atoms with Crippen molar-refractivity contribution in [1.82, 2.24) is 0 Å². The number of hydrogen-bond donors (Lipinski definition) is 0. The molecule has 2 nitrogen and oxygen atoms in total. The minimum atomic E-state index is -0.672. The van der Waals surface area contributed by atoms with Crippen molar-refractivity contribution in [3.8, 4) is 0 Å². The van der Waals surface area contributed by atoms with E-state index in [1.165, 1.54) is 0 Å². The van der Waals surface area contributed by atoms with Gasteiger partial charge in [-0.15, -0.1) is 0 Å². The molecule has 180 valence electrons. The maximum atomic E-state index is 15.1. The standard InChI is InChI=1S/C36H24O2/c1-35-23-15-7-3-11-19(23)27(20-12-4-8-16-24(20)35)29-31(35)34(38)32-30(33(29)37)28-21-13-5-9-17-25(21)36(32,2)26-18-10-6-14-22(26)28/h3-18,27-28H,1-2H3. The van der Waals surface area contributed by atoms with Crippen molar-refractivity contribution >= 4 is 11.6 Å². The highest BCUT2D eigenvalue weighted by atomic mass is 16.1. The molecule has 38 heavy (non-hydrogen) atoms. The summed E-state index contributed by atoms with van der Waals surface area (Å²) < 4.78 is 0. The first-order valence-electron chi connectivity index (χ1n) is 13.4. The van der Waals surface area contributed by atoms with Crippen molar-refractivity contribution in [2.75, 3.05) is 0 Å². The molecule has 0 atom stereocenters. The molecule has 4 aromatic rings. The Morgan fingerprint density at radius 1 is 0.447 bits per heavy atom. The topological polar surface area (TPSA) is 34.1 Å². The summed E-state index contributed by atoms with van der Waals surface area (Å²) in [5, 5.41) is 0. The molecular weight excluding hydrogens is 464 g/mol. The minimum absolute atomic E-state index is 0.0580. The molecule has 4 aromatic carbocycles. The van der Waals surface area contributed by atoms with Crippen LogP contribution >= 0.6 is 0 Å². The molecule has 0 amide bonds. The van der Waals surface area contributed by atoms with Gasteiger partial charge in [0, 0.05) is 45.0 Å². The van der Waals surface area contributed by atoms with E-state index < -0.39 is 10.8 Å². The lowest BCUT2D eigenvalue weighted by Crippen LogP contribution is -2.53. The molecule has 0 aromatic heterocycles. The quantitative estimate of drug-likeness (QED) is 0.259. The van der Waals surface area contributed by atoms with Gasteiger partial charge < -0.3 is 0 Å². The van der Waals surface area contributed by atoms with Crippen molar-refractivity contribution in [3.05, 3.63) is 164 Å². The summed E-state index contributed by atoms with van der Waals surface area (Å²) in [7, 11) is 0. The molecular formula is C36H24O2. The van der Waals surface area contributed by atoms with Crippen LogP contribution in [0, 0.1) is 0 Å². The molecule has 0 N–H and O–H groups in total. The third-order valence-corrected chi connectivity index (χ3v) is 10.3. The summed E-state index contributed by atoms with van der Waals surface area (Å²) in [6.45, 7) is 4.33. The summed E-state index contributed by atoms with van der Waals surface area (Å²) in [4.78, 5) is 30.1. The molecule has 0 saturated heterocycles. The van der Waals surface area contributed by atoms with E-state index in [0.717, 1.165) is 44.5 Å². The average molecular weight is 489 g/mol. The number of carbonyl (C=O) groups excluding carboxylic acids is 2. The molecule has 0 unspecified atom stereocenters. The molecule has 0 fully saturated rings. The van der Waals surface area contributed by atoms with Gasteiger partial charge in [-0.3, -0.25) is 9.59 Å². The zero-order chi connectivity index (χ0) is 25.6. The van der Waals surface area contributed by atoms with Gasteiger partial charge in [-0.2, -0.15) is 0 Å². The van der Waals surface area contributed by atoms with Crippen LogP contribution in [-0.4, -0.2) is 11.6 Å². The number of allylic oxidation sites excluding steroid dienone is 4. The van der Waals surface area contributed by atoms with Gasteiger partial charge in [0.15, 0.2) is 11.6 Å². The molecule has 11 rings (SSSR count). The van der Waals surface area contributed by atoms with Gasteiger partial charge in [0.05, 0.1) is 0 Å². The van der Waals surface area contributed by atoms with Crippen LogP contribution in [0.5, 0.6) is 0 Å². The molecule has 4 bridgehead atoms. The number of Topliss-reactive ketones (excluding diaryl/α,β-unsaturated/α-hetero) is 2. The third-order valence-electron chi connectivity index (χ3n) is 10.3. The van der Waals surface area contributed by atoms with E-state index in [1.54, 1.807) is 0 Å². The van der Waals surface area contributed by atoms with Gasteiger partial charge >= 0.3 is 0 Å². The molecule has 0 saturated carbocycles. The second-order valence-corrected chi connectivity index (χ2v) is 11.7. The molecule has 0 spiro atoms. The van der Waals surface area contributed by atoms with E-state index in [0.29, 0.717) is 22.3 Å². The Balaban J connectivity index is 1.39. The van der Waals surface area contributed by atoms with Crippen LogP contribution in [0.1, 0.15) is 70.2 Å². The predicted octanol–water partition coefficient (Wildman–Crippen LogP) is 6.66. The maximum Gasteiger partial charge on any atom is 0.188 e. The summed E-state index contributed by atoms with van der Waals surface area (Å²) in [6.07, 6.45) is 0. The van der Waals surface area contributed by atoms with Crippen LogP contribution in [0.4, 0.5) is 0 Å². The zero-order valence-electron chi connectivity index (χ0n) is 21.2. The molecule has 7 aliphatic rings. The maximum absolute atomic E-state index is 15.1. The average Bonchev–Trinajstić information content (AvgIpc) is 2.96. The van der Waals surface area contributed by atoms with Crippen molar-refractivity contribution < 1.29 is 9.59 Å². The van der Waals surface area contributed by atoms with Crippen LogP contribution < -0.4 is 0 Å². The first-order valence-corrected chi connectivity index (χ1v) is 13.4. The molecule has 2 heteroatoms. The predicted molar refractivity (Wildman–Crippen MR) is 146 cm³/mol. The van der Waals surface area contributed by atoms with Crippen LogP contribution in [0.25, 0.3) is 0 Å². The Morgan fingerprint density at radius 2 is 0.737 bits per heavy atom. The fourth-order valence-electron chi connectivity index (χ4n) is 8.89. The van der Waals surface area contributed by atoms with E-state index in [9.17, 15) is 4.79 Å². The highest BCUT2D eigenvalue weighted by molar-refractivity contribution is 6.30. The zero-order valence-corrected chi connectivity index (χ0v) is 21.2. The normalized spacial score (nSPS) is 28.9. The van der Waals surface area contributed by atoms with Crippen molar-refractivity contribution in [2.24, 2.45) is 0 Å². The Bertz CT molecular complexity index is 1670. The highest BCUT2D eigenvalue weighted by Gasteiger charge is 2.62. The lowest BCUT2D eigenvalue weighted by Gasteiger charge is -2.55. The number of ketones is 2. The Labute approximate surface area is 221 Å². The first-order chi connectivity index (χ1) is 18.5. The lowest BCUT2D eigenvalue weighted by molar-refractivity contribution is -0.118.